The van der Waals surface area contributed by atoms with Gasteiger partial charge < -0.3 is 0 Å². The predicted octanol–water partition coefficient (Wildman–Crippen LogP) is 3.90. The minimum Gasteiger partial charge on any atom is -0.193 e. The van der Waals surface area contributed by atoms with Gasteiger partial charge >= 0.3 is 6.18 Å². The molecule has 0 saturated carbocycles. The van der Waals surface area contributed by atoms with Crippen molar-refractivity contribution < 1.29 is 13.2 Å². The Morgan fingerprint density at radius 1 is 1.33 bits per heavy atom. The van der Waals surface area contributed by atoms with Crippen LogP contribution >= 0.6 is 11.6 Å². The van der Waals surface area contributed by atoms with Crippen LogP contribution in [-0.4, -0.2) is 0 Å². The summed E-state index contributed by atoms with van der Waals surface area (Å²) in [6, 6.07) is 5.23. The lowest BCUT2D eigenvalue weighted by Gasteiger charge is -2.09. The van der Waals surface area contributed by atoms with Gasteiger partial charge in [0.05, 0.1) is 16.7 Å². The number of nitriles is 1. The number of rotatable bonds is 1. The SMILES string of the molecule is N#CC=Cc1cccc(C(F)(F)F)c1Cl. The quantitative estimate of drug-likeness (QED) is 0.673. The van der Waals surface area contributed by atoms with Crippen LogP contribution in [0.4, 0.5) is 13.2 Å². The molecule has 0 unspecified atom stereocenters. The molecule has 0 aliphatic rings. The van der Waals surface area contributed by atoms with Crippen LogP contribution in [0.15, 0.2) is 24.3 Å². The van der Waals surface area contributed by atoms with Gasteiger partial charge in [0.2, 0.25) is 0 Å². The monoisotopic (exact) mass is 231 g/mol. The molecule has 0 radical (unpaired) electrons. The maximum atomic E-state index is 12.4. The third-order valence-electron chi connectivity index (χ3n) is 1.67. The van der Waals surface area contributed by atoms with Gasteiger partial charge in [0.25, 0.3) is 0 Å². The Balaban J connectivity index is 3.25. The molecule has 0 heterocycles. The number of halogens is 4. The van der Waals surface area contributed by atoms with E-state index in [1.165, 1.54) is 18.2 Å². The van der Waals surface area contributed by atoms with Crippen LogP contribution in [-0.2, 0) is 6.18 Å². The molecule has 0 aliphatic carbocycles. The average molecular weight is 232 g/mol. The van der Waals surface area contributed by atoms with E-state index in [0.29, 0.717) is 0 Å². The maximum Gasteiger partial charge on any atom is 0.417 e. The highest BCUT2D eigenvalue weighted by molar-refractivity contribution is 6.32. The summed E-state index contributed by atoms with van der Waals surface area (Å²) in [5.41, 5.74) is -0.725. The van der Waals surface area contributed by atoms with E-state index in [1.54, 1.807) is 6.07 Å². The second-order valence-corrected chi connectivity index (χ2v) is 3.05. The highest BCUT2D eigenvalue weighted by atomic mass is 35.5. The molecule has 0 spiro atoms. The van der Waals surface area contributed by atoms with E-state index in [9.17, 15) is 13.2 Å². The van der Waals surface area contributed by atoms with Gasteiger partial charge in [0.15, 0.2) is 0 Å². The summed E-state index contributed by atoms with van der Waals surface area (Å²) < 4.78 is 37.1. The minimum atomic E-state index is -4.48. The van der Waals surface area contributed by atoms with Crippen LogP contribution in [0, 0.1) is 11.3 Å². The average Bonchev–Trinajstić information content (AvgIpc) is 2.14. The molecule has 0 aliphatic heterocycles. The Labute approximate surface area is 89.4 Å². The standard InChI is InChI=1S/C10H5ClF3N/c11-9-7(4-2-6-15)3-1-5-8(9)10(12,13)14/h1-5H. The zero-order chi connectivity index (χ0) is 11.5. The molecule has 1 nitrogen and oxygen atoms in total. The second kappa shape index (κ2) is 4.37. The summed E-state index contributed by atoms with van der Waals surface area (Å²) in [4.78, 5) is 0. The summed E-state index contributed by atoms with van der Waals surface area (Å²) in [6.07, 6.45) is -2.17. The fraction of sp³-hybridized carbons (Fsp3) is 0.100. The van der Waals surface area contributed by atoms with Crippen molar-refractivity contribution >= 4 is 17.7 Å². The molecule has 1 aromatic carbocycles. The Kier molecular flexibility index (Phi) is 3.38. The molecule has 0 saturated heterocycles. The van der Waals surface area contributed by atoms with Gasteiger partial charge in [0.1, 0.15) is 0 Å². The number of alkyl halides is 3. The Morgan fingerprint density at radius 2 is 2.00 bits per heavy atom. The summed E-state index contributed by atoms with van der Waals surface area (Å²) >= 11 is 5.55. The van der Waals surface area contributed by atoms with Gasteiger partial charge in [-0.3, -0.25) is 0 Å². The van der Waals surface area contributed by atoms with Crippen LogP contribution in [0.3, 0.4) is 0 Å². The summed E-state index contributed by atoms with van der Waals surface area (Å²) in [7, 11) is 0. The van der Waals surface area contributed by atoms with Gasteiger partial charge in [-0.05, 0) is 17.7 Å². The van der Waals surface area contributed by atoms with Gasteiger partial charge in [-0.25, -0.2) is 0 Å². The van der Waals surface area contributed by atoms with E-state index in [2.05, 4.69) is 0 Å². The van der Waals surface area contributed by atoms with Gasteiger partial charge in [-0.1, -0.05) is 23.7 Å². The van der Waals surface area contributed by atoms with Crippen LogP contribution in [0.2, 0.25) is 5.02 Å². The molecule has 0 amide bonds. The topological polar surface area (TPSA) is 23.8 Å². The molecule has 0 aromatic heterocycles. The number of nitrogens with zero attached hydrogens (tertiary/aromatic N) is 1. The minimum absolute atomic E-state index is 0.174. The van der Waals surface area contributed by atoms with Crippen molar-refractivity contribution in [2.45, 2.75) is 6.18 Å². The third-order valence-corrected chi connectivity index (χ3v) is 2.09. The second-order valence-electron chi connectivity index (χ2n) is 2.67. The van der Waals surface area contributed by atoms with E-state index in [0.717, 1.165) is 12.1 Å². The number of hydrogen-bond acceptors (Lipinski definition) is 1. The first-order valence-corrected chi connectivity index (χ1v) is 4.26. The fourth-order valence-corrected chi connectivity index (χ4v) is 1.32. The normalized spacial score (nSPS) is 11.7. The molecule has 0 atom stereocenters. The molecule has 15 heavy (non-hydrogen) atoms. The lowest BCUT2D eigenvalue weighted by molar-refractivity contribution is -0.137. The number of hydrogen-bond donors (Lipinski definition) is 0. The lowest BCUT2D eigenvalue weighted by Crippen LogP contribution is -2.06. The Morgan fingerprint density at radius 3 is 2.53 bits per heavy atom. The third kappa shape index (κ3) is 2.74. The van der Waals surface area contributed by atoms with E-state index in [4.69, 9.17) is 16.9 Å². The van der Waals surface area contributed by atoms with Crippen LogP contribution < -0.4 is 0 Å². The molecule has 0 fully saturated rings. The van der Waals surface area contributed by atoms with Crippen molar-refractivity contribution in [2.24, 2.45) is 0 Å². The molecular formula is C10H5ClF3N. The zero-order valence-electron chi connectivity index (χ0n) is 7.35. The van der Waals surface area contributed by atoms with Gasteiger partial charge in [-0.2, -0.15) is 18.4 Å². The van der Waals surface area contributed by atoms with Crippen molar-refractivity contribution in [2.75, 3.05) is 0 Å². The largest absolute Gasteiger partial charge is 0.417 e. The van der Waals surface area contributed by atoms with E-state index in [1.807, 2.05) is 0 Å². The smallest absolute Gasteiger partial charge is 0.193 e. The molecular weight excluding hydrogens is 227 g/mol. The predicted molar refractivity (Wildman–Crippen MR) is 51.1 cm³/mol. The maximum absolute atomic E-state index is 12.4. The van der Waals surface area contributed by atoms with Crippen molar-refractivity contribution in [3.05, 3.63) is 40.4 Å². The summed E-state index contributed by atoms with van der Waals surface area (Å²) in [5.74, 6) is 0. The summed E-state index contributed by atoms with van der Waals surface area (Å²) in [6.45, 7) is 0. The number of benzene rings is 1. The Hall–Kier alpha value is -1.47. The highest BCUT2D eigenvalue weighted by Gasteiger charge is 2.33. The van der Waals surface area contributed by atoms with Crippen molar-refractivity contribution in [3.8, 4) is 6.07 Å². The molecule has 1 aromatic rings. The van der Waals surface area contributed by atoms with Crippen molar-refractivity contribution in [3.63, 3.8) is 0 Å². The van der Waals surface area contributed by atoms with E-state index >= 15 is 0 Å². The molecule has 0 bridgehead atoms. The van der Waals surface area contributed by atoms with Gasteiger partial charge in [0, 0.05) is 6.08 Å². The van der Waals surface area contributed by atoms with Gasteiger partial charge in [-0.15, -0.1) is 0 Å². The number of allylic oxidation sites excluding steroid dienone is 1. The van der Waals surface area contributed by atoms with Crippen LogP contribution in [0.1, 0.15) is 11.1 Å². The molecule has 5 heteroatoms. The first kappa shape index (κ1) is 11.6. The molecule has 78 valence electrons. The van der Waals surface area contributed by atoms with Crippen LogP contribution in [0.5, 0.6) is 0 Å². The highest BCUT2D eigenvalue weighted by Crippen LogP contribution is 2.36. The van der Waals surface area contributed by atoms with Crippen molar-refractivity contribution in [1.29, 1.82) is 5.26 Å². The summed E-state index contributed by atoms with van der Waals surface area (Å²) in [5, 5.41) is 7.85. The van der Waals surface area contributed by atoms with E-state index in [-0.39, 0.29) is 5.56 Å². The first-order chi connectivity index (χ1) is 6.96. The fourth-order valence-electron chi connectivity index (χ4n) is 1.02. The van der Waals surface area contributed by atoms with E-state index < -0.39 is 16.8 Å². The molecule has 1 rings (SSSR count). The van der Waals surface area contributed by atoms with Crippen molar-refractivity contribution in [1.82, 2.24) is 0 Å². The first-order valence-electron chi connectivity index (χ1n) is 3.88. The zero-order valence-corrected chi connectivity index (χ0v) is 8.10. The lowest BCUT2D eigenvalue weighted by atomic mass is 10.1. The molecule has 0 N–H and O–H groups in total. The van der Waals surface area contributed by atoms with Crippen LogP contribution in [0.25, 0.3) is 6.08 Å². The Bertz CT molecular complexity index is 429.